The molecule has 0 saturated heterocycles. The van der Waals surface area contributed by atoms with Crippen molar-refractivity contribution in [2.75, 3.05) is 53.4 Å². The van der Waals surface area contributed by atoms with Crippen LogP contribution in [0.3, 0.4) is 0 Å². The summed E-state index contributed by atoms with van der Waals surface area (Å²) in [6.45, 7) is 8.16. The molecular weight excluding hydrogens is 224 g/mol. The summed E-state index contributed by atoms with van der Waals surface area (Å²) in [5.74, 6) is 0. The van der Waals surface area contributed by atoms with Gasteiger partial charge in [0.25, 0.3) is 0 Å². The summed E-state index contributed by atoms with van der Waals surface area (Å²) in [5.41, 5.74) is 0. The predicted molar refractivity (Wildman–Crippen MR) is 65.2 cm³/mol. The third-order valence-electron chi connectivity index (χ3n) is 1.97. The van der Waals surface area contributed by atoms with E-state index < -0.39 is 0 Å². The third-order valence-corrected chi connectivity index (χ3v) is 1.97. The minimum Gasteiger partial charge on any atom is -0.385 e. The number of hydrogen-bond donors (Lipinski definition) is 0. The summed E-state index contributed by atoms with van der Waals surface area (Å²) in [7, 11) is 1.69. The zero-order valence-electron chi connectivity index (χ0n) is 11.3. The maximum absolute atomic E-state index is 5.40. The normalized spacial score (nSPS) is 11.3. The molecule has 0 saturated carbocycles. The topological polar surface area (TPSA) is 46.2 Å². The first-order valence-electron chi connectivity index (χ1n) is 6.22. The lowest BCUT2D eigenvalue weighted by Crippen LogP contribution is -2.24. The lowest BCUT2D eigenvalue weighted by molar-refractivity contribution is -0.169. The second-order valence-corrected chi connectivity index (χ2v) is 3.37. The molecule has 0 bridgehead atoms. The molecule has 0 aromatic rings. The SMILES string of the molecule is CCOC(COCCOCCCOC)OCC. The van der Waals surface area contributed by atoms with Crippen LogP contribution in [0.25, 0.3) is 0 Å². The molecule has 0 fully saturated rings. The standard InChI is InChI=1S/C12H26O5/c1-4-16-12(17-5-2)11-15-10-9-14-8-6-7-13-3/h12H,4-11H2,1-3H3. The Morgan fingerprint density at radius 1 is 0.824 bits per heavy atom. The molecule has 0 aromatic carbocycles. The molecule has 0 spiro atoms. The fraction of sp³-hybridized carbons (Fsp3) is 1.00. The first-order chi connectivity index (χ1) is 8.35. The Labute approximate surface area is 104 Å². The Kier molecular flexibility index (Phi) is 13.7. The molecule has 0 aliphatic carbocycles. The summed E-state index contributed by atoms with van der Waals surface area (Å²) in [6, 6.07) is 0. The van der Waals surface area contributed by atoms with Crippen molar-refractivity contribution in [2.24, 2.45) is 0 Å². The molecule has 0 aliphatic heterocycles. The molecule has 0 amide bonds. The van der Waals surface area contributed by atoms with Gasteiger partial charge in [-0.3, -0.25) is 0 Å². The van der Waals surface area contributed by atoms with Gasteiger partial charge in [0, 0.05) is 33.5 Å². The molecular formula is C12H26O5. The van der Waals surface area contributed by atoms with Gasteiger partial charge in [0.05, 0.1) is 19.8 Å². The fourth-order valence-electron chi connectivity index (χ4n) is 1.22. The van der Waals surface area contributed by atoms with E-state index in [0.29, 0.717) is 39.6 Å². The van der Waals surface area contributed by atoms with E-state index >= 15 is 0 Å². The second kappa shape index (κ2) is 13.9. The Balaban J connectivity index is 3.23. The van der Waals surface area contributed by atoms with Gasteiger partial charge in [0.1, 0.15) is 0 Å². The highest BCUT2D eigenvalue weighted by Crippen LogP contribution is 1.96. The van der Waals surface area contributed by atoms with Crippen molar-refractivity contribution in [3.63, 3.8) is 0 Å². The van der Waals surface area contributed by atoms with Crippen LogP contribution in [0.5, 0.6) is 0 Å². The van der Waals surface area contributed by atoms with Crippen LogP contribution in [0.4, 0.5) is 0 Å². The van der Waals surface area contributed by atoms with Crippen molar-refractivity contribution in [3.8, 4) is 0 Å². The number of rotatable bonds is 13. The first kappa shape index (κ1) is 16.8. The van der Waals surface area contributed by atoms with Crippen LogP contribution < -0.4 is 0 Å². The molecule has 104 valence electrons. The third kappa shape index (κ3) is 12.1. The maximum atomic E-state index is 5.40. The van der Waals surface area contributed by atoms with Gasteiger partial charge in [0.2, 0.25) is 0 Å². The lowest BCUT2D eigenvalue weighted by Gasteiger charge is -2.16. The van der Waals surface area contributed by atoms with E-state index in [0.717, 1.165) is 13.0 Å². The molecule has 0 unspecified atom stereocenters. The van der Waals surface area contributed by atoms with E-state index in [1.165, 1.54) is 0 Å². The van der Waals surface area contributed by atoms with Crippen molar-refractivity contribution < 1.29 is 23.7 Å². The predicted octanol–water partition coefficient (Wildman–Crippen LogP) is 1.46. The number of methoxy groups -OCH3 is 1. The average Bonchev–Trinajstić information content (AvgIpc) is 2.33. The highest BCUT2D eigenvalue weighted by atomic mass is 16.7. The van der Waals surface area contributed by atoms with Crippen molar-refractivity contribution in [3.05, 3.63) is 0 Å². The maximum Gasteiger partial charge on any atom is 0.180 e. The van der Waals surface area contributed by atoms with Gasteiger partial charge in [-0.2, -0.15) is 0 Å². The van der Waals surface area contributed by atoms with Gasteiger partial charge < -0.3 is 23.7 Å². The summed E-state index contributed by atoms with van der Waals surface area (Å²) in [4.78, 5) is 0. The quantitative estimate of drug-likeness (QED) is 0.366. The summed E-state index contributed by atoms with van der Waals surface area (Å²) in [6.07, 6.45) is 0.648. The van der Waals surface area contributed by atoms with E-state index in [1.54, 1.807) is 7.11 Å². The Hall–Kier alpha value is -0.200. The molecule has 0 rings (SSSR count). The molecule has 5 heteroatoms. The van der Waals surface area contributed by atoms with Gasteiger partial charge in [-0.05, 0) is 20.3 Å². The zero-order chi connectivity index (χ0) is 12.8. The van der Waals surface area contributed by atoms with Crippen LogP contribution in [-0.2, 0) is 23.7 Å². The van der Waals surface area contributed by atoms with E-state index in [-0.39, 0.29) is 6.29 Å². The van der Waals surface area contributed by atoms with Crippen LogP contribution in [0.2, 0.25) is 0 Å². The number of ether oxygens (including phenoxy) is 5. The minimum atomic E-state index is -0.265. The van der Waals surface area contributed by atoms with E-state index in [9.17, 15) is 0 Å². The van der Waals surface area contributed by atoms with Crippen LogP contribution in [0.1, 0.15) is 20.3 Å². The molecule has 0 radical (unpaired) electrons. The molecule has 0 aliphatic rings. The summed E-state index contributed by atoms with van der Waals surface area (Å²) < 4.78 is 26.3. The van der Waals surface area contributed by atoms with Crippen molar-refractivity contribution in [2.45, 2.75) is 26.6 Å². The van der Waals surface area contributed by atoms with Gasteiger partial charge in [-0.15, -0.1) is 0 Å². The zero-order valence-corrected chi connectivity index (χ0v) is 11.3. The summed E-state index contributed by atoms with van der Waals surface area (Å²) >= 11 is 0. The van der Waals surface area contributed by atoms with Crippen molar-refractivity contribution in [1.29, 1.82) is 0 Å². The molecule has 0 aromatic heterocycles. The van der Waals surface area contributed by atoms with Crippen LogP contribution in [-0.4, -0.2) is 59.6 Å². The lowest BCUT2D eigenvalue weighted by atomic mass is 10.5. The van der Waals surface area contributed by atoms with E-state index in [4.69, 9.17) is 23.7 Å². The smallest absolute Gasteiger partial charge is 0.180 e. The monoisotopic (exact) mass is 250 g/mol. The summed E-state index contributed by atoms with van der Waals surface area (Å²) in [5, 5.41) is 0. The Morgan fingerprint density at radius 3 is 2.06 bits per heavy atom. The van der Waals surface area contributed by atoms with E-state index in [2.05, 4.69) is 0 Å². The van der Waals surface area contributed by atoms with Gasteiger partial charge in [0.15, 0.2) is 6.29 Å². The first-order valence-corrected chi connectivity index (χ1v) is 6.22. The molecule has 17 heavy (non-hydrogen) atoms. The average molecular weight is 250 g/mol. The minimum absolute atomic E-state index is 0.265. The van der Waals surface area contributed by atoms with Crippen LogP contribution in [0.15, 0.2) is 0 Å². The van der Waals surface area contributed by atoms with E-state index in [1.807, 2.05) is 13.8 Å². The largest absolute Gasteiger partial charge is 0.385 e. The molecule has 0 heterocycles. The van der Waals surface area contributed by atoms with Crippen molar-refractivity contribution >= 4 is 0 Å². The van der Waals surface area contributed by atoms with Gasteiger partial charge in [-0.25, -0.2) is 0 Å². The van der Waals surface area contributed by atoms with Crippen molar-refractivity contribution in [1.82, 2.24) is 0 Å². The highest BCUT2D eigenvalue weighted by molar-refractivity contribution is 4.42. The van der Waals surface area contributed by atoms with Crippen LogP contribution in [0, 0.1) is 0 Å². The molecule has 5 nitrogen and oxygen atoms in total. The fourth-order valence-corrected chi connectivity index (χ4v) is 1.22. The Bertz CT molecular complexity index is 137. The Morgan fingerprint density at radius 2 is 1.47 bits per heavy atom. The molecule has 0 atom stereocenters. The van der Waals surface area contributed by atoms with Gasteiger partial charge >= 0.3 is 0 Å². The van der Waals surface area contributed by atoms with Gasteiger partial charge in [-0.1, -0.05) is 0 Å². The number of hydrogen-bond acceptors (Lipinski definition) is 5. The molecule has 0 N–H and O–H groups in total. The van der Waals surface area contributed by atoms with Crippen LogP contribution >= 0.6 is 0 Å². The highest BCUT2D eigenvalue weighted by Gasteiger charge is 2.07. The second-order valence-electron chi connectivity index (χ2n) is 3.37.